The van der Waals surface area contributed by atoms with Crippen LogP contribution in [0.15, 0.2) is 30.3 Å². The van der Waals surface area contributed by atoms with Crippen molar-refractivity contribution in [3.8, 4) is 0 Å². The number of rotatable bonds is 2. The van der Waals surface area contributed by atoms with Crippen LogP contribution in [-0.4, -0.2) is 4.98 Å². The monoisotopic (exact) mass is 246 g/mol. The van der Waals surface area contributed by atoms with Gasteiger partial charge >= 0.3 is 0 Å². The van der Waals surface area contributed by atoms with Gasteiger partial charge < -0.3 is 5.73 Å². The summed E-state index contributed by atoms with van der Waals surface area (Å²) in [7, 11) is 0. The molecular formula is C14H18N2S. The quantitative estimate of drug-likeness (QED) is 0.879. The summed E-state index contributed by atoms with van der Waals surface area (Å²) >= 11 is 1.61. The van der Waals surface area contributed by atoms with Crippen LogP contribution in [0.2, 0.25) is 0 Å². The number of aromatic nitrogens is 1. The van der Waals surface area contributed by atoms with Gasteiger partial charge in [0.1, 0.15) is 10.0 Å². The van der Waals surface area contributed by atoms with Gasteiger partial charge in [-0.3, -0.25) is 0 Å². The molecule has 0 unspecified atom stereocenters. The maximum absolute atomic E-state index is 6.04. The molecule has 0 aliphatic carbocycles. The van der Waals surface area contributed by atoms with Crippen LogP contribution in [0.1, 0.15) is 37.0 Å². The molecule has 0 radical (unpaired) electrons. The zero-order valence-corrected chi connectivity index (χ0v) is 11.3. The number of benzene rings is 1. The van der Waals surface area contributed by atoms with Gasteiger partial charge in [-0.05, 0) is 5.56 Å². The Kier molecular flexibility index (Phi) is 3.20. The van der Waals surface area contributed by atoms with Crippen molar-refractivity contribution in [2.75, 3.05) is 5.73 Å². The number of nitrogen functional groups attached to an aromatic ring is 1. The molecule has 0 amide bonds. The van der Waals surface area contributed by atoms with Gasteiger partial charge in [-0.15, -0.1) is 11.3 Å². The van der Waals surface area contributed by atoms with Crippen molar-refractivity contribution < 1.29 is 0 Å². The van der Waals surface area contributed by atoms with Gasteiger partial charge in [0.2, 0.25) is 0 Å². The summed E-state index contributed by atoms with van der Waals surface area (Å²) in [6.45, 7) is 6.49. The lowest BCUT2D eigenvalue weighted by molar-refractivity contribution is 0.583. The van der Waals surface area contributed by atoms with Crippen molar-refractivity contribution in [1.29, 1.82) is 0 Å². The van der Waals surface area contributed by atoms with E-state index in [0.29, 0.717) is 0 Å². The zero-order valence-electron chi connectivity index (χ0n) is 10.5. The highest BCUT2D eigenvalue weighted by molar-refractivity contribution is 7.15. The molecule has 0 aliphatic rings. The van der Waals surface area contributed by atoms with E-state index in [2.05, 4.69) is 37.9 Å². The van der Waals surface area contributed by atoms with Crippen molar-refractivity contribution in [2.24, 2.45) is 0 Å². The Morgan fingerprint density at radius 3 is 2.35 bits per heavy atom. The molecule has 3 heteroatoms. The van der Waals surface area contributed by atoms with Gasteiger partial charge in [-0.25, -0.2) is 4.98 Å². The minimum absolute atomic E-state index is 0.0771. The molecular weight excluding hydrogens is 228 g/mol. The molecule has 2 aromatic rings. The summed E-state index contributed by atoms with van der Waals surface area (Å²) in [5, 5.41) is 1.96. The average molecular weight is 246 g/mol. The van der Waals surface area contributed by atoms with E-state index in [1.807, 2.05) is 18.2 Å². The topological polar surface area (TPSA) is 38.9 Å². The fraction of sp³-hybridized carbons (Fsp3) is 0.357. The van der Waals surface area contributed by atoms with E-state index in [9.17, 15) is 0 Å². The molecule has 17 heavy (non-hydrogen) atoms. The van der Waals surface area contributed by atoms with E-state index in [-0.39, 0.29) is 5.41 Å². The summed E-state index contributed by atoms with van der Waals surface area (Å²) in [5.74, 6) is 0. The molecule has 0 saturated carbocycles. The van der Waals surface area contributed by atoms with Gasteiger partial charge in [0.05, 0.1) is 5.69 Å². The van der Waals surface area contributed by atoms with Crippen LogP contribution < -0.4 is 5.73 Å². The lowest BCUT2D eigenvalue weighted by Gasteiger charge is -2.13. The predicted octanol–water partition coefficient (Wildman–Crippen LogP) is 3.61. The number of anilines is 1. The Labute approximate surface area is 107 Å². The van der Waals surface area contributed by atoms with Gasteiger partial charge in [-0.2, -0.15) is 0 Å². The predicted molar refractivity (Wildman–Crippen MR) is 74.5 cm³/mol. The molecule has 0 atom stereocenters. The number of nitrogens with two attached hydrogens (primary N) is 1. The molecule has 2 nitrogen and oxygen atoms in total. The van der Waals surface area contributed by atoms with E-state index in [4.69, 9.17) is 5.73 Å². The molecule has 0 bridgehead atoms. The second-order valence-electron chi connectivity index (χ2n) is 5.24. The third-order valence-electron chi connectivity index (χ3n) is 2.58. The summed E-state index contributed by atoms with van der Waals surface area (Å²) in [5.41, 5.74) is 8.38. The zero-order chi connectivity index (χ0) is 12.5. The lowest BCUT2D eigenvalue weighted by Crippen LogP contribution is -2.10. The molecule has 0 saturated heterocycles. The van der Waals surface area contributed by atoms with Crippen molar-refractivity contribution in [3.05, 3.63) is 46.6 Å². The SMILES string of the molecule is CC(C)(C)c1nc(Cc2ccccc2)c(N)s1. The van der Waals surface area contributed by atoms with E-state index in [1.54, 1.807) is 11.3 Å². The van der Waals surface area contributed by atoms with Crippen molar-refractivity contribution >= 4 is 16.3 Å². The molecule has 0 aliphatic heterocycles. The summed E-state index contributed by atoms with van der Waals surface area (Å²) in [6.07, 6.45) is 0.819. The van der Waals surface area contributed by atoms with Crippen LogP contribution in [0, 0.1) is 0 Å². The van der Waals surface area contributed by atoms with Crippen LogP contribution in [0.3, 0.4) is 0 Å². The van der Waals surface area contributed by atoms with Gasteiger partial charge in [0, 0.05) is 11.8 Å². The first-order chi connectivity index (χ1) is 7.97. The first kappa shape index (κ1) is 12.1. The molecule has 2 rings (SSSR count). The Balaban J connectivity index is 2.26. The van der Waals surface area contributed by atoms with Gasteiger partial charge in [0.15, 0.2) is 0 Å². The van der Waals surface area contributed by atoms with Crippen molar-refractivity contribution in [1.82, 2.24) is 4.98 Å². The third-order valence-corrected chi connectivity index (χ3v) is 3.94. The van der Waals surface area contributed by atoms with E-state index < -0.39 is 0 Å². The molecule has 2 N–H and O–H groups in total. The lowest BCUT2D eigenvalue weighted by atomic mass is 9.98. The minimum atomic E-state index is 0.0771. The normalized spacial score (nSPS) is 11.7. The van der Waals surface area contributed by atoms with E-state index in [1.165, 1.54) is 5.56 Å². The van der Waals surface area contributed by atoms with Crippen LogP contribution >= 0.6 is 11.3 Å². The Morgan fingerprint density at radius 2 is 1.82 bits per heavy atom. The Morgan fingerprint density at radius 1 is 1.18 bits per heavy atom. The second-order valence-corrected chi connectivity index (χ2v) is 6.27. The standard InChI is InChI=1S/C14H18N2S/c1-14(2,3)13-16-11(12(15)17-13)9-10-7-5-4-6-8-10/h4-8H,9,15H2,1-3H3. The first-order valence-corrected chi connectivity index (χ1v) is 6.58. The second kappa shape index (κ2) is 4.49. The Hall–Kier alpha value is -1.35. The minimum Gasteiger partial charge on any atom is -0.389 e. The maximum atomic E-state index is 6.04. The van der Waals surface area contributed by atoms with E-state index in [0.717, 1.165) is 22.1 Å². The number of hydrogen-bond donors (Lipinski definition) is 1. The maximum Gasteiger partial charge on any atom is 0.110 e. The van der Waals surface area contributed by atoms with Crippen LogP contribution in [0.25, 0.3) is 0 Å². The first-order valence-electron chi connectivity index (χ1n) is 5.76. The third kappa shape index (κ3) is 2.86. The smallest absolute Gasteiger partial charge is 0.110 e. The molecule has 90 valence electrons. The number of thiazole rings is 1. The Bertz CT molecular complexity index is 495. The van der Waals surface area contributed by atoms with E-state index >= 15 is 0 Å². The molecule has 1 heterocycles. The van der Waals surface area contributed by atoms with Gasteiger partial charge in [-0.1, -0.05) is 51.1 Å². The number of nitrogens with zero attached hydrogens (tertiary/aromatic N) is 1. The summed E-state index contributed by atoms with van der Waals surface area (Å²) < 4.78 is 0. The average Bonchev–Trinajstić information content (AvgIpc) is 2.62. The van der Waals surface area contributed by atoms with Crippen LogP contribution in [-0.2, 0) is 11.8 Å². The van der Waals surface area contributed by atoms with Crippen LogP contribution in [0.5, 0.6) is 0 Å². The summed E-state index contributed by atoms with van der Waals surface area (Å²) in [6, 6.07) is 10.3. The van der Waals surface area contributed by atoms with Crippen molar-refractivity contribution in [3.63, 3.8) is 0 Å². The highest BCUT2D eigenvalue weighted by atomic mass is 32.1. The largest absolute Gasteiger partial charge is 0.389 e. The molecule has 1 aromatic carbocycles. The van der Waals surface area contributed by atoms with Crippen molar-refractivity contribution in [2.45, 2.75) is 32.6 Å². The molecule has 1 aromatic heterocycles. The molecule has 0 fully saturated rings. The fourth-order valence-electron chi connectivity index (χ4n) is 1.60. The van der Waals surface area contributed by atoms with Gasteiger partial charge in [0.25, 0.3) is 0 Å². The highest BCUT2D eigenvalue weighted by Crippen LogP contribution is 2.31. The highest BCUT2D eigenvalue weighted by Gasteiger charge is 2.20. The number of hydrogen-bond acceptors (Lipinski definition) is 3. The summed E-state index contributed by atoms with van der Waals surface area (Å²) in [4.78, 5) is 4.67. The fourth-order valence-corrected chi connectivity index (χ4v) is 2.51. The molecule has 0 spiro atoms. The van der Waals surface area contributed by atoms with Crippen LogP contribution in [0.4, 0.5) is 5.00 Å².